The van der Waals surface area contributed by atoms with Gasteiger partial charge < -0.3 is 11.1 Å². The number of hydrogen-bond donors (Lipinski definition) is 2. The Bertz CT molecular complexity index is 330. The van der Waals surface area contributed by atoms with Crippen molar-refractivity contribution in [2.75, 3.05) is 16.4 Å². The van der Waals surface area contributed by atoms with Gasteiger partial charge in [0.2, 0.25) is 5.91 Å². The molecule has 0 saturated carbocycles. The van der Waals surface area contributed by atoms with E-state index in [1.807, 2.05) is 0 Å². The molecule has 1 aromatic carbocycles. The molecule has 0 aromatic heterocycles. The maximum Gasteiger partial charge on any atom is 0.235 e. The molecule has 5 heteroatoms. The normalized spacial score (nSPS) is 9.69. The molecule has 70 valence electrons. The lowest BCUT2D eigenvalue weighted by Crippen LogP contribution is -2.12. The van der Waals surface area contributed by atoms with Crippen molar-refractivity contribution < 1.29 is 4.79 Å². The SMILES string of the molecule is Nc1ccc(NC(=O)CBr)cc1Cl. The molecule has 0 spiro atoms. The third-order valence-corrected chi connectivity index (χ3v) is 2.24. The van der Waals surface area contributed by atoms with Gasteiger partial charge in [-0.1, -0.05) is 27.5 Å². The zero-order valence-corrected chi connectivity index (χ0v) is 9.02. The summed E-state index contributed by atoms with van der Waals surface area (Å²) in [4.78, 5) is 10.9. The molecule has 1 rings (SSSR count). The quantitative estimate of drug-likeness (QED) is 0.635. The van der Waals surface area contributed by atoms with Crippen LogP contribution in [0.4, 0.5) is 11.4 Å². The first kappa shape index (κ1) is 10.3. The van der Waals surface area contributed by atoms with E-state index in [-0.39, 0.29) is 11.2 Å². The molecule has 0 aliphatic carbocycles. The van der Waals surface area contributed by atoms with Gasteiger partial charge in [-0.2, -0.15) is 0 Å². The molecule has 0 fully saturated rings. The molecule has 0 aliphatic heterocycles. The highest BCUT2D eigenvalue weighted by atomic mass is 79.9. The number of nitrogens with one attached hydrogen (secondary N) is 1. The number of carbonyl (C=O) groups is 1. The van der Waals surface area contributed by atoms with Crippen LogP contribution in [0.3, 0.4) is 0 Å². The molecule has 13 heavy (non-hydrogen) atoms. The molecule has 3 nitrogen and oxygen atoms in total. The number of benzene rings is 1. The zero-order chi connectivity index (χ0) is 9.84. The van der Waals surface area contributed by atoms with Crippen LogP contribution in [-0.4, -0.2) is 11.2 Å². The number of nitrogens with two attached hydrogens (primary N) is 1. The average Bonchev–Trinajstić information content (AvgIpc) is 2.11. The number of nitrogen functional groups attached to an aromatic ring is 1. The average molecular weight is 264 g/mol. The van der Waals surface area contributed by atoms with E-state index >= 15 is 0 Å². The molecular formula is C8H8BrClN2O. The lowest BCUT2D eigenvalue weighted by molar-refractivity contribution is -0.113. The van der Waals surface area contributed by atoms with Gasteiger partial charge in [0.15, 0.2) is 0 Å². The predicted molar refractivity (Wildman–Crippen MR) is 58.3 cm³/mol. The third kappa shape index (κ3) is 2.90. The minimum atomic E-state index is -0.124. The van der Waals surface area contributed by atoms with E-state index < -0.39 is 0 Å². The summed E-state index contributed by atoms with van der Waals surface area (Å²) < 4.78 is 0. The molecule has 0 heterocycles. The lowest BCUT2D eigenvalue weighted by atomic mass is 10.3. The molecule has 0 unspecified atom stereocenters. The summed E-state index contributed by atoms with van der Waals surface area (Å²) in [7, 11) is 0. The molecule has 1 aromatic rings. The van der Waals surface area contributed by atoms with E-state index in [2.05, 4.69) is 21.2 Å². The van der Waals surface area contributed by atoms with Crippen LogP contribution in [0.15, 0.2) is 18.2 Å². The van der Waals surface area contributed by atoms with Gasteiger partial charge in [0.25, 0.3) is 0 Å². The fourth-order valence-corrected chi connectivity index (χ4v) is 1.12. The first-order chi connectivity index (χ1) is 6.13. The molecule has 0 atom stereocenters. The Morgan fingerprint density at radius 3 is 2.85 bits per heavy atom. The van der Waals surface area contributed by atoms with Crippen LogP contribution in [0.5, 0.6) is 0 Å². The zero-order valence-electron chi connectivity index (χ0n) is 6.68. The molecule has 0 saturated heterocycles. The number of hydrogen-bond acceptors (Lipinski definition) is 2. The number of anilines is 2. The summed E-state index contributed by atoms with van der Waals surface area (Å²) in [6.07, 6.45) is 0. The van der Waals surface area contributed by atoms with Crippen molar-refractivity contribution >= 4 is 44.8 Å². The van der Waals surface area contributed by atoms with E-state index in [1.54, 1.807) is 18.2 Å². The Labute approximate surface area is 89.4 Å². The van der Waals surface area contributed by atoms with Crippen LogP contribution in [0.25, 0.3) is 0 Å². The molecule has 0 bridgehead atoms. The van der Waals surface area contributed by atoms with E-state index in [0.29, 0.717) is 16.4 Å². The summed E-state index contributed by atoms with van der Waals surface area (Å²) in [5.41, 5.74) is 6.64. The minimum Gasteiger partial charge on any atom is -0.398 e. The van der Waals surface area contributed by atoms with Crippen LogP contribution >= 0.6 is 27.5 Å². The van der Waals surface area contributed by atoms with Crippen LogP contribution in [0.1, 0.15) is 0 Å². The molecular weight excluding hydrogens is 255 g/mol. The summed E-state index contributed by atoms with van der Waals surface area (Å²) in [6, 6.07) is 4.95. The second-order valence-corrected chi connectivity index (χ2v) is 3.39. The van der Waals surface area contributed by atoms with Gasteiger partial charge in [-0.25, -0.2) is 0 Å². The van der Waals surface area contributed by atoms with Crippen molar-refractivity contribution in [3.63, 3.8) is 0 Å². The first-order valence-corrected chi connectivity index (χ1v) is 5.04. The van der Waals surface area contributed by atoms with Gasteiger partial charge >= 0.3 is 0 Å². The predicted octanol–water partition coefficient (Wildman–Crippen LogP) is 2.26. The number of rotatable bonds is 2. The third-order valence-electron chi connectivity index (χ3n) is 1.41. The highest BCUT2D eigenvalue weighted by Gasteiger charge is 2.01. The Balaban J connectivity index is 2.79. The van der Waals surface area contributed by atoms with E-state index in [1.165, 1.54) is 0 Å². The van der Waals surface area contributed by atoms with Gasteiger partial charge in [0, 0.05) is 5.69 Å². The van der Waals surface area contributed by atoms with Gasteiger partial charge in [-0.3, -0.25) is 4.79 Å². The fraction of sp³-hybridized carbons (Fsp3) is 0.125. The summed E-state index contributed by atoms with van der Waals surface area (Å²) >= 11 is 8.79. The molecule has 0 radical (unpaired) electrons. The maximum absolute atomic E-state index is 10.9. The van der Waals surface area contributed by atoms with Crippen molar-refractivity contribution in [2.45, 2.75) is 0 Å². The largest absolute Gasteiger partial charge is 0.398 e. The Morgan fingerprint density at radius 2 is 2.31 bits per heavy atom. The fourth-order valence-electron chi connectivity index (χ4n) is 0.799. The number of alkyl halides is 1. The number of carbonyl (C=O) groups excluding carboxylic acids is 1. The van der Waals surface area contributed by atoms with Gasteiger partial charge in [0.05, 0.1) is 16.0 Å². The van der Waals surface area contributed by atoms with Crippen molar-refractivity contribution in [1.29, 1.82) is 0 Å². The topological polar surface area (TPSA) is 55.1 Å². The van der Waals surface area contributed by atoms with Gasteiger partial charge in [-0.15, -0.1) is 0 Å². The van der Waals surface area contributed by atoms with Crippen molar-refractivity contribution in [2.24, 2.45) is 0 Å². The second-order valence-electron chi connectivity index (χ2n) is 2.42. The molecule has 1 amide bonds. The van der Waals surface area contributed by atoms with Crippen LogP contribution in [0.2, 0.25) is 5.02 Å². The van der Waals surface area contributed by atoms with Gasteiger partial charge in [0.1, 0.15) is 0 Å². The Morgan fingerprint density at radius 1 is 1.62 bits per heavy atom. The minimum absolute atomic E-state index is 0.124. The van der Waals surface area contributed by atoms with E-state index in [0.717, 1.165) is 0 Å². The summed E-state index contributed by atoms with van der Waals surface area (Å²) in [5, 5.41) is 3.33. The monoisotopic (exact) mass is 262 g/mol. The van der Waals surface area contributed by atoms with E-state index in [4.69, 9.17) is 17.3 Å². The molecule has 3 N–H and O–H groups in total. The highest BCUT2D eigenvalue weighted by Crippen LogP contribution is 2.22. The van der Waals surface area contributed by atoms with Crippen LogP contribution in [0, 0.1) is 0 Å². The smallest absolute Gasteiger partial charge is 0.235 e. The standard InChI is InChI=1S/C8H8BrClN2O/c9-4-8(13)12-5-1-2-7(11)6(10)3-5/h1-3H,4,11H2,(H,12,13). The Kier molecular flexibility index (Phi) is 3.57. The number of halogens is 2. The number of amides is 1. The Hall–Kier alpha value is -0.740. The van der Waals surface area contributed by atoms with Crippen molar-refractivity contribution in [3.05, 3.63) is 23.2 Å². The summed E-state index contributed by atoms with van der Waals surface area (Å²) in [5.74, 6) is -0.124. The summed E-state index contributed by atoms with van der Waals surface area (Å²) in [6.45, 7) is 0. The highest BCUT2D eigenvalue weighted by molar-refractivity contribution is 9.09. The van der Waals surface area contributed by atoms with Crippen LogP contribution < -0.4 is 11.1 Å². The van der Waals surface area contributed by atoms with E-state index in [9.17, 15) is 4.79 Å². The lowest BCUT2D eigenvalue weighted by Gasteiger charge is -2.04. The molecule has 0 aliphatic rings. The van der Waals surface area contributed by atoms with Crippen molar-refractivity contribution in [3.8, 4) is 0 Å². The maximum atomic E-state index is 10.9. The van der Waals surface area contributed by atoms with Crippen LogP contribution in [-0.2, 0) is 4.79 Å². The first-order valence-electron chi connectivity index (χ1n) is 3.54. The second kappa shape index (κ2) is 4.48. The van der Waals surface area contributed by atoms with Gasteiger partial charge in [-0.05, 0) is 18.2 Å². The van der Waals surface area contributed by atoms with Crippen molar-refractivity contribution in [1.82, 2.24) is 0 Å².